The lowest BCUT2D eigenvalue weighted by Crippen LogP contribution is -2.36. The third-order valence-electron chi connectivity index (χ3n) is 3.21. The monoisotopic (exact) mass is 339 g/mol. The van der Waals surface area contributed by atoms with Crippen LogP contribution in [-0.2, 0) is 14.3 Å². The lowest BCUT2D eigenvalue weighted by Gasteiger charge is -2.23. The minimum Gasteiger partial charge on any atom is -0.425 e. The van der Waals surface area contributed by atoms with Crippen LogP contribution >= 0.6 is 0 Å². The zero-order valence-corrected chi connectivity index (χ0v) is 15.8. The van der Waals surface area contributed by atoms with Gasteiger partial charge < -0.3 is 14.4 Å². The quantitative estimate of drug-likeness (QED) is 0.311. The van der Waals surface area contributed by atoms with Gasteiger partial charge in [0.2, 0.25) is 6.29 Å². The number of ether oxygens (including phenoxy) is 2. The van der Waals surface area contributed by atoms with Crippen LogP contribution in [0.25, 0.3) is 0 Å². The molecule has 1 unspecified atom stereocenters. The molecule has 0 bridgehead atoms. The van der Waals surface area contributed by atoms with E-state index in [2.05, 4.69) is 38.2 Å². The highest BCUT2D eigenvalue weighted by Crippen LogP contribution is 2.07. The van der Waals surface area contributed by atoms with Gasteiger partial charge in [0.25, 0.3) is 0 Å². The summed E-state index contributed by atoms with van der Waals surface area (Å²) in [5.41, 5.74) is 0. The standard InChI is InChI=1S/C19H33NO4/c1-6-8-10-12-14-20(15-13-11-9-7-2)19(22)24-17(5)23-18(21)16(3)4/h8-11,16-17H,6-7,12-15H2,1-5H3/b10-8+,11-9+. The molecule has 0 spiro atoms. The van der Waals surface area contributed by atoms with E-state index in [-0.39, 0.29) is 11.9 Å². The molecular weight excluding hydrogens is 306 g/mol. The van der Waals surface area contributed by atoms with E-state index >= 15 is 0 Å². The molecule has 0 aliphatic carbocycles. The summed E-state index contributed by atoms with van der Waals surface area (Å²) in [7, 11) is 0. The van der Waals surface area contributed by atoms with Gasteiger partial charge in [-0.2, -0.15) is 0 Å². The maximum atomic E-state index is 12.3. The van der Waals surface area contributed by atoms with Gasteiger partial charge in [0.15, 0.2) is 0 Å². The van der Waals surface area contributed by atoms with Crippen molar-refractivity contribution in [1.29, 1.82) is 0 Å². The number of hydrogen-bond acceptors (Lipinski definition) is 4. The third-order valence-corrected chi connectivity index (χ3v) is 3.21. The van der Waals surface area contributed by atoms with Crippen LogP contribution in [0.2, 0.25) is 0 Å². The van der Waals surface area contributed by atoms with Gasteiger partial charge in [-0.05, 0) is 25.7 Å². The van der Waals surface area contributed by atoms with Crippen molar-refractivity contribution in [2.75, 3.05) is 13.1 Å². The van der Waals surface area contributed by atoms with Crippen LogP contribution in [0.15, 0.2) is 24.3 Å². The Morgan fingerprint density at radius 2 is 1.38 bits per heavy atom. The average Bonchev–Trinajstić information content (AvgIpc) is 2.52. The number of carbonyl (C=O) groups excluding carboxylic acids is 2. The number of amides is 1. The van der Waals surface area contributed by atoms with Gasteiger partial charge in [-0.25, -0.2) is 4.79 Å². The Morgan fingerprint density at radius 3 is 1.79 bits per heavy atom. The predicted molar refractivity (Wildman–Crippen MR) is 96.5 cm³/mol. The molecule has 24 heavy (non-hydrogen) atoms. The first-order valence-electron chi connectivity index (χ1n) is 8.88. The molecular formula is C19H33NO4. The fourth-order valence-corrected chi connectivity index (χ4v) is 1.86. The number of esters is 1. The Hall–Kier alpha value is -1.78. The number of hydrogen-bond donors (Lipinski definition) is 0. The van der Waals surface area contributed by atoms with Gasteiger partial charge in [0.1, 0.15) is 0 Å². The summed E-state index contributed by atoms with van der Waals surface area (Å²) in [4.78, 5) is 25.5. The molecule has 0 aromatic heterocycles. The van der Waals surface area contributed by atoms with Gasteiger partial charge in [-0.15, -0.1) is 0 Å². The SMILES string of the molecule is CC/C=C/CCN(CC/C=C/CC)C(=O)OC(C)OC(=O)C(C)C. The van der Waals surface area contributed by atoms with Crippen LogP contribution in [0.3, 0.4) is 0 Å². The zero-order chi connectivity index (χ0) is 18.4. The van der Waals surface area contributed by atoms with Crippen molar-refractivity contribution in [1.82, 2.24) is 4.90 Å². The summed E-state index contributed by atoms with van der Waals surface area (Å²) in [5.74, 6) is -0.626. The van der Waals surface area contributed by atoms with Crippen LogP contribution < -0.4 is 0 Å². The molecule has 0 saturated carbocycles. The van der Waals surface area contributed by atoms with Gasteiger partial charge in [0, 0.05) is 20.0 Å². The molecule has 0 aliphatic heterocycles. The molecule has 0 aromatic carbocycles. The first kappa shape index (κ1) is 22.2. The minimum absolute atomic E-state index is 0.249. The van der Waals surface area contributed by atoms with Gasteiger partial charge in [-0.3, -0.25) is 4.79 Å². The highest BCUT2D eigenvalue weighted by molar-refractivity contribution is 5.72. The van der Waals surface area contributed by atoms with Crippen molar-refractivity contribution < 1.29 is 19.1 Å². The average molecular weight is 339 g/mol. The summed E-state index contributed by atoms with van der Waals surface area (Å²) in [6, 6.07) is 0. The van der Waals surface area contributed by atoms with Crippen molar-refractivity contribution in [2.45, 2.75) is 66.6 Å². The second kappa shape index (κ2) is 13.6. The number of carbonyl (C=O) groups is 2. The second-order valence-electron chi connectivity index (χ2n) is 5.87. The van der Waals surface area contributed by atoms with Crippen molar-refractivity contribution in [3.63, 3.8) is 0 Å². The molecule has 0 aliphatic rings. The molecule has 1 atom stereocenters. The van der Waals surface area contributed by atoms with E-state index < -0.39 is 12.4 Å². The maximum Gasteiger partial charge on any atom is 0.412 e. The Balaban J connectivity index is 4.54. The van der Waals surface area contributed by atoms with Crippen LogP contribution in [0.4, 0.5) is 4.79 Å². The highest BCUT2D eigenvalue weighted by atomic mass is 16.7. The molecule has 5 heteroatoms. The van der Waals surface area contributed by atoms with Crippen molar-refractivity contribution in [2.24, 2.45) is 5.92 Å². The van der Waals surface area contributed by atoms with E-state index in [1.54, 1.807) is 25.7 Å². The van der Waals surface area contributed by atoms with Crippen molar-refractivity contribution in [3.8, 4) is 0 Å². The zero-order valence-electron chi connectivity index (χ0n) is 15.8. The van der Waals surface area contributed by atoms with E-state index in [4.69, 9.17) is 9.47 Å². The Bertz CT molecular complexity index is 398. The summed E-state index contributed by atoms with van der Waals surface area (Å²) in [5, 5.41) is 0. The summed E-state index contributed by atoms with van der Waals surface area (Å²) in [6.07, 6.45) is 10.5. The molecule has 0 aromatic rings. The molecule has 1 amide bonds. The number of nitrogens with zero attached hydrogens (tertiary/aromatic N) is 1. The fourth-order valence-electron chi connectivity index (χ4n) is 1.86. The Morgan fingerprint density at radius 1 is 0.875 bits per heavy atom. The highest BCUT2D eigenvalue weighted by Gasteiger charge is 2.20. The van der Waals surface area contributed by atoms with E-state index in [0.29, 0.717) is 13.1 Å². The van der Waals surface area contributed by atoms with Crippen molar-refractivity contribution >= 4 is 12.1 Å². The van der Waals surface area contributed by atoms with Gasteiger partial charge >= 0.3 is 12.1 Å². The second-order valence-corrected chi connectivity index (χ2v) is 5.87. The predicted octanol–water partition coefficient (Wildman–Crippen LogP) is 4.68. The van der Waals surface area contributed by atoms with Crippen LogP contribution in [0, 0.1) is 5.92 Å². The minimum atomic E-state index is -0.882. The normalized spacial score (nSPS) is 12.8. The van der Waals surface area contributed by atoms with Crippen molar-refractivity contribution in [3.05, 3.63) is 24.3 Å². The summed E-state index contributed by atoms with van der Waals surface area (Å²) < 4.78 is 10.3. The Kier molecular flexibility index (Phi) is 12.6. The lowest BCUT2D eigenvalue weighted by atomic mass is 10.2. The van der Waals surface area contributed by atoms with Gasteiger partial charge in [-0.1, -0.05) is 52.0 Å². The Labute approximate surface area is 146 Å². The molecule has 5 nitrogen and oxygen atoms in total. The number of allylic oxidation sites excluding steroid dienone is 2. The third kappa shape index (κ3) is 10.9. The van der Waals surface area contributed by atoms with Crippen LogP contribution in [0.1, 0.15) is 60.3 Å². The molecule has 0 N–H and O–H groups in total. The summed E-state index contributed by atoms with van der Waals surface area (Å²) >= 11 is 0. The lowest BCUT2D eigenvalue weighted by molar-refractivity contribution is -0.169. The van der Waals surface area contributed by atoms with E-state index in [1.807, 2.05) is 0 Å². The smallest absolute Gasteiger partial charge is 0.412 e. The molecule has 138 valence electrons. The van der Waals surface area contributed by atoms with E-state index in [9.17, 15) is 9.59 Å². The van der Waals surface area contributed by atoms with E-state index in [1.165, 1.54) is 0 Å². The summed E-state index contributed by atoms with van der Waals surface area (Å²) in [6.45, 7) is 10.4. The van der Waals surface area contributed by atoms with E-state index in [0.717, 1.165) is 25.7 Å². The van der Waals surface area contributed by atoms with Crippen LogP contribution in [0.5, 0.6) is 0 Å². The molecule has 0 heterocycles. The first-order chi connectivity index (χ1) is 11.4. The maximum absolute atomic E-state index is 12.3. The number of rotatable bonds is 11. The first-order valence-corrected chi connectivity index (χ1v) is 8.88. The largest absolute Gasteiger partial charge is 0.425 e. The topological polar surface area (TPSA) is 55.8 Å². The fraction of sp³-hybridized carbons (Fsp3) is 0.684. The molecule has 0 rings (SSSR count). The molecule has 0 saturated heterocycles. The van der Waals surface area contributed by atoms with Gasteiger partial charge in [0.05, 0.1) is 5.92 Å². The van der Waals surface area contributed by atoms with Crippen LogP contribution in [-0.4, -0.2) is 36.3 Å². The molecule has 0 fully saturated rings. The molecule has 0 radical (unpaired) electrons.